The van der Waals surface area contributed by atoms with Crippen LogP contribution in [0.25, 0.3) is 0 Å². The molecule has 0 aromatic carbocycles. The third-order valence-electron chi connectivity index (χ3n) is 9.15. The van der Waals surface area contributed by atoms with E-state index in [1.54, 1.807) is 5.43 Å². The van der Waals surface area contributed by atoms with E-state index in [2.05, 4.69) is 57.2 Å². The molecule has 226 valence electrons. The second-order valence-electron chi connectivity index (χ2n) is 12.9. The summed E-state index contributed by atoms with van der Waals surface area (Å²) < 4.78 is 13.2. The van der Waals surface area contributed by atoms with Crippen LogP contribution >= 0.6 is 0 Å². The van der Waals surface area contributed by atoms with Crippen LogP contribution in [0, 0.1) is 33.3 Å². The van der Waals surface area contributed by atoms with Gasteiger partial charge in [0.1, 0.15) is 6.04 Å². The minimum absolute atomic E-state index is 0.00556. The Morgan fingerprint density at radius 2 is 1.90 bits per heavy atom. The van der Waals surface area contributed by atoms with Crippen LogP contribution in [0.5, 0.6) is 0 Å². The number of guanidine groups is 1. The molecule has 0 unspecified atom stereocenters. The standard InChI is InChI=1S/C27H49BN6O6/c1-7-8-9-12-23(35)31-19(11-10-13-30-25(29)33-34(37)38)24(36)32-22(14-17(2)3)28-39-21-16-18-15-20(26(18,4)5)27(21,6)40-28/h17-22H,7-16H2,1-6H3,(H,31,35)(H,32,36)(H3,29,30,33)/t18-,19+,20-,21-,22+,27+/m1/s1. The molecule has 5 N–H and O–H groups in total. The summed E-state index contributed by atoms with van der Waals surface area (Å²) >= 11 is 0. The minimum atomic E-state index is -0.783. The van der Waals surface area contributed by atoms with Crippen molar-refractivity contribution in [3.8, 4) is 0 Å². The molecule has 0 radical (unpaired) electrons. The van der Waals surface area contributed by atoms with Gasteiger partial charge in [-0.15, -0.1) is 0 Å². The largest absolute Gasteiger partial charge is 0.481 e. The van der Waals surface area contributed by atoms with Crippen molar-refractivity contribution in [2.75, 3.05) is 6.54 Å². The normalized spacial score (nSPS) is 28.3. The van der Waals surface area contributed by atoms with Crippen LogP contribution in [0.3, 0.4) is 0 Å². The van der Waals surface area contributed by atoms with Crippen LogP contribution in [0.1, 0.15) is 99.3 Å². The third kappa shape index (κ3) is 7.66. The Hall–Kier alpha value is -2.41. The van der Waals surface area contributed by atoms with Gasteiger partial charge in [0.05, 0.1) is 17.6 Å². The van der Waals surface area contributed by atoms with Gasteiger partial charge in [-0.3, -0.25) is 9.59 Å². The Morgan fingerprint density at radius 3 is 2.52 bits per heavy atom. The summed E-state index contributed by atoms with van der Waals surface area (Å²) in [5.74, 6) is 0.169. The molecule has 2 bridgehead atoms. The number of nitrogens with one attached hydrogen (secondary N) is 3. The SMILES string of the molecule is CCCCCC(=O)N[C@@H](CCCN=C(N)N[N+](=O)[O-])C(=O)N[C@@H](CC(C)C)B1O[C@@H]2C[C@H]3C[C@H](C3(C)C)[C@]2(C)O1. The van der Waals surface area contributed by atoms with E-state index in [0.29, 0.717) is 37.5 Å². The zero-order valence-corrected chi connectivity index (χ0v) is 25.0. The van der Waals surface area contributed by atoms with Crippen molar-refractivity contribution in [3.63, 3.8) is 0 Å². The maximum absolute atomic E-state index is 13.6. The molecular formula is C27H49BN6O6. The molecule has 1 aliphatic heterocycles. The average molecular weight is 565 g/mol. The molecule has 1 saturated heterocycles. The Kier molecular flexibility index (Phi) is 10.8. The van der Waals surface area contributed by atoms with E-state index in [-0.39, 0.29) is 53.3 Å². The van der Waals surface area contributed by atoms with E-state index in [1.807, 2.05) is 0 Å². The summed E-state index contributed by atoms with van der Waals surface area (Å²) in [4.78, 5) is 40.7. The third-order valence-corrected chi connectivity index (χ3v) is 9.15. The highest BCUT2D eigenvalue weighted by atomic mass is 16.7. The van der Waals surface area contributed by atoms with Crippen LogP contribution in [-0.4, -0.2) is 60.2 Å². The Labute approximate surface area is 238 Å². The van der Waals surface area contributed by atoms with Crippen molar-refractivity contribution in [1.82, 2.24) is 16.1 Å². The number of nitrogens with two attached hydrogens (primary N) is 1. The maximum atomic E-state index is 13.6. The lowest BCUT2D eigenvalue weighted by Crippen LogP contribution is -2.65. The molecule has 1 heterocycles. The molecule has 4 aliphatic rings. The Bertz CT molecular complexity index is 948. The number of unbranched alkanes of at least 4 members (excludes halogenated alkanes) is 2. The Morgan fingerprint density at radius 1 is 1.18 bits per heavy atom. The van der Waals surface area contributed by atoms with Crippen molar-refractivity contribution < 1.29 is 23.9 Å². The van der Waals surface area contributed by atoms with Gasteiger partial charge in [0, 0.05) is 13.0 Å². The van der Waals surface area contributed by atoms with Crippen LogP contribution in [0.15, 0.2) is 4.99 Å². The molecule has 13 heteroatoms. The first-order valence-electron chi connectivity index (χ1n) is 14.9. The maximum Gasteiger partial charge on any atom is 0.481 e. The van der Waals surface area contributed by atoms with Gasteiger partial charge in [-0.2, -0.15) is 0 Å². The van der Waals surface area contributed by atoms with Crippen LogP contribution in [0.2, 0.25) is 0 Å². The summed E-state index contributed by atoms with van der Waals surface area (Å²) in [7, 11) is -0.560. The number of carbonyl (C=O) groups excluding carboxylic acids is 2. The number of hydrogen-bond acceptors (Lipinski definition) is 7. The first-order valence-corrected chi connectivity index (χ1v) is 14.9. The molecule has 3 saturated carbocycles. The smallest absolute Gasteiger partial charge is 0.404 e. The predicted octanol–water partition coefficient (Wildman–Crippen LogP) is 2.73. The lowest BCUT2D eigenvalue weighted by atomic mass is 9.43. The molecule has 6 atom stereocenters. The number of rotatable bonds is 15. The number of amides is 2. The number of hydrazine groups is 1. The van der Waals surface area contributed by atoms with E-state index in [1.165, 1.54) is 0 Å². The van der Waals surface area contributed by atoms with E-state index in [4.69, 9.17) is 15.0 Å². The number of carbonyl (C=O) groups is 2. The summed E-state index contributed by atoms with van der Waals surface area (Å²) in [5.41, 5.74) is 7.12. The van der Waals surface area contributed by atoms with Crippen molar-refractivity contribution in [2.45, 2.75) is 123 Å². The van der Waals surface area contributed by atoms with Gasteiger partial charge in [0.25, 0.3) is 5.96 Å². The van der Waals surface area contributed by atoms with Crippen molar-refractivity contribution in [3.05, 3.63) is 10.1 Å². The number of nitro groups is 1. The van der Waals surface area contributed by atoms with Gasteiger partial charge in [-0.25, -0.2) is 15.1 Å². The quantitative estimate of drug-likeness (QED) is 0.0587. The predicted molar refractivity (Wildman–Crippen MR) is 153 cm³/mol. The van der Waals surface area contributed by atoms with Gasteiger partial charge < -0.3 is 25.7 Å². The van der Waals surface area contributed by atoms with Crippen LogP contribution < -0.4 is 21.8 Å². The summed E-state index contributed by atoms with van der Waals surface area (Å²) in [6, 6.07) is -0.783. The lowest BCUT2D eigenvalue weighted by molar-refractivity contribution is -0.525. The highest BCUT2D eigenvalue weighted by Gasteiger charge is 2.68. The number of aliphatic imine (C=N–C) groups is 1. The Balaban J connectivity index is 1.68. The fourth-order valence-corrected chi connectivity index (χ4v) is 6.80. The first kappa shape index (κ1) is 32.1. The fraction of sp³-hybridized carbons (Fsp3) is 0.889. The summed E-state index contributed by atoms with van der Waals surface area (Å²) in [6.45, 7) is 13.2. The van der Waals surface area contributed by atoms with Crippen LogP contribution in [-0.2, 0) is 18.9 Å². The van der Waals surface area contributed by atoms with Gasteiger partial charge in [-0.1, -0.05) is 52.9 Å². The van der Waals surface area contributed by atoms with Gasteiger partial charge >= 0.3 is 7.12 Å². The van der Waals surface area contributed by atoms with Gasteiger partial charge in [-0.05, 0) is 68.6 Å². The van der Waals surface area contributed by atoms with Gasteiger partial charge in [0.2, 0.25) is 11.8 Å². The number of nitrogens with zero attached hydrogens (tertiary/aromatic N) is 2. The molecule has 4 fully saturated rings. The zero-order valence-electron chi connectivity index (χ0n) is 25.0. The summed E-state index contributed by atoms with van der Waals surface area (Å²) in [6.07, 6.45) is 6.51. The van der Waals surface area contributed by atoms with Crippen molar-refractivity contribution in [1.29, 1.82) is 0 Å². The fourth-order valence-electron chi connectivity index (χ4n) is 6.80. The first-order chi connectivity index (χ1) is 18.8. The molecule has 3 aliphatic carbocycles. The monoisotopic (exact) mass is 564 g/mol. The second kappa shape index (κ2) is 13.5. The molecule has 0 spiro atoms. The molecule has 12 nitrogen and oxygen atoms in total. The van der Waals surface area contributed by atoms with Gasteiger partial charge in [0.15, 0.2) is 5.03 Å². The molecule has 0 aromatic heterocycles. The number of hydrogen-bond donors (Lipinski definition) is 4. The van der Waals surface area contributed by atoms with E-state index in [9.17, 15) is 19.7 Å². The average Bonchev–Trinajstić information content (AvgIpc) is 3.22. The molecule has 0 aromatic rings. The van der Waals surface area contributed by atoms with E-state index < -0.39 is 18.2 Å². The van der Waals surface area contributed by atoms with E-state index in [0.717, 1.165) is 32.1 Å². The molecule has 40 heavy (non-hydrogen) atoms. The van der Waals surface area contributed by atoms with Crippen LogP contribution in [0.4, 0.5) is 0 Å². The molecule has 2 amide bonds. The van der Waals surface area contributed by atoms with E-state index >= 15 is 0 Å². The topological polar surface area (TPSA) is 170 Å². The highest BCUT2D eigenvalue weighted by Crippen LogP contribution is 2.65. The second-order valence-corrected chi connectivity index (χ2v) is 12.9. The molecule has 4 rings (SSSR count). The van der Waals surface area contributed by atoms with Crippen molar-refractivity contribution >= 4 is 24.9 Å². The van der Waals surface area contributed by atoms with Crippen molar-refractivity contribution in [2.24, 2.45) is 33.9 Å². The zero-order chi connectivity index (χ0) is 29.7. The minimum Gasteiger partial charge on any atom is -0.404 e. The summed E-state index contributed by atoms with van der Waals surface area (Å²) in [5, 5.41) is 15.8. The molecular weight excluding hydrogens is 515 g/mol. The lowest BCUT2D eigenvalue weighted by Gasteiger charge is -2.64. The highest BCUT2D eigenvalue weighted by molar-refractivity contribution is 6.48.